The summed E-state index contributed by atoms with van der Waals surface area (Å²) in [5.74, 6) is 0.933. The second-order valence-corrected chi connectivity index (χ2v) is 5.45. The lowest BCUT2D eigenvalue weighted by Gasteiger charge is -2.24. The molecule has 1 aromatic rings. The molecule has 1 N–H and O–H groups in total. The maximum absolute atomic E-state index is 5.23. The van der Waals surface area contributed by atoms with Crippen molar-refractivity contribution >= 4 is 0 Å². The fourth-order valence-electron chi connectivity index (χ4n) is 2.80. The van der Waals surface area contributed by atoms with Crippen LogP contribution in [0.2, 0.25) is 0 Å². The summed E-state index contributed by atoms with van der Waals surface area (Å²) in [5, 5.41) is 3.51. The molecule has 0 unspecified atom stereocenters. The molecular formula is C16H26N2O. The van der Waals surface area contributed by atoms with Gasteiger partial charge >= 0.3 is 0 Å². The number of nitrogens with zero attached hydrogens (tertiary/aromatic N) is 1. The van der Waals surface area contributed by atoms with Gasteiger partial charge in [0.2, 0.25) is 0 Å². The number of rotatable bonds is 7. The lowest BCUT2D eigenvalue weighted by molar-refractivity contribution is 0.245. The largest absolute Gasteiger partial charge is 0.497 e. The van der Waals surface area contributed by atoms with Gasteiger partial charge in [-0.25, -0.2) is 0 Å². The molecule has 1 aliphatic rings. The molecule has 1 aliphatic carbocycles. The molecule has 0 amide bonds. The summed E-state index contributed by atoms with van der Waals surface area (Å²) in [6.07, 6.45) is 5.58. The Morgan fingerprint density at radius 3 is 2.84 bits per heavy atom. The zero-order valence-corrected chi connectivity index (χ0v) is 12.2. The number of nitrogens with one attached hydrogen (secondary N) is 1. The first-order chi connectivity index (χ1) is 9.29. The summed E-state index contributed by atoms with van der Waals surface area (Å²) in [6.45, 7) is 3.09. The van der Waals surface area contributed by atoms with E-state index in [2.05, 4.69) is 29.4 Å². The van der Waals surface area contributed by atoms with Crippen LogP contribution in [-0.4, -0.2) is 38.2 Å². The Bertz CT molecular complexity index is 375. The highest BCUT2D eigenvalue weighted by atomic mass is 16.5. The number of methoxy groups -OCH3 is 1. The minimum atomic E-state index is 0.818. The molecule has 1 fully saturated rings. The Balaban J connectivity index is 1.65. The van der Waals surface area contributed by atoms with Crippen molar-refractivity contribution in [2.45, 2.75) is 38.3 Å². The summed E-state index contributed by atoms with van der Waals surface area (Å²) in [5.41, 5.74) is 1.28. The van der Waals surface area contributed by atoms with Crippen molar-refractivity contribution in [2.75, 3.05) is 27.2 Å². The maximum Gasteiger partial charge on any atom is 0.119 e. The predicted molar refractivity (Wildman–Crippen MR) is 79.6 cm³/mol. The predicted octanol–water partition coefficient (Wildman–Crippen LogP) is 2.66. The molecule has 0 saturated heterocycles. The topological polar surface area (TPSA) is 24.5 Å². The zero-order valence-electron chi connectivity index (χ0n) is 12.2. The SMILES string of the molecule is COc1cccc(CNCCN(C)C2CCCC2)c1. The van der Waals surface area contributed by atoms with E-state index in [9.17, 15) is 0 Å². The van der Waals surface area contributed by atoms with Crippen molar-refractivity contribution in [3.05, 3.63) is 29.8 Å². The number of hydrogen-bond donors (Lipinski definition) is 1. The first-order valence-electron chi connectivity index (χ1n) is 7.33. The monoisotopic (exact) mass is 262 g/mol. The fourth-order valence-corrected chi connectivity index (χ4v) is 2.80. The number of benzene rings is 1. The van der Waals surface area contributed by atoms with Crippen molar-refractivity contribution < 1.29 is 4.74 Å². The molecular weight excluding hydrogens is 236 g/mol. The third-order valence-electron chi connectivity index (χ3n) is 4.05. The third kappa shape index (κ3) is 4.51. The van der Waals surface area contributed by atoms with Gasteiger partial charge in [-0.05, 0) is 37.6 Å². The van der Waals surface area contributed by atoms with E-state index < -0.39 is 0 Å². The minimum Gasteiger partial charge on any atom is -0.497 e. The van der Waals surface area contributed by atoms with Crippen LogP contribution in [0.5, 0.6) is 5.75 Å². The van der Waals surface area contributed by atoms with E-state index in [-0.39, 0.29) is 0 Å². The van der Waals surface area contributed by atoms with Gasteiger partial charge in [0, 0.05) is 25.7 Å². The Morgan fingerprint density at radius 2 is 2.11 bits per heavy atom. The highest BCUT2D eigenvalue weighted by Crippen LogP contribution is 2.21. The fraction of sp³-hybridized carbons (Fsp3) is 0.625. The maximum atomic E-state index is 5.23. The van der Waals surface area contributed by atoms with E-state index in [0.29, 0.717) is 0 Å². The van der Waals surface area contributed by atoms with Crippen LogP contribution in [-0.2, 0) is 6.54 Å². The molecule has 1 saturated carbocycles. The van der Waals surface area contributed by atoms with E-state index >= 15 is 0 Å². The smallest absolute Gasteiger partial charge is 0.119 e. The minimum absolute atomic E-state index is 0.818. The molecule has 0 radical (unpaired) electrons. The molecule has 1 aromatic carbocycles. The van der Waals surface area contributed by atoms with Gasteiger partial charge in [-0.1, -0.05) is 25.0 Å². The standard InChI is InChI=1S/C16H26N2O/c1-18(15-7-3-4-8-15)11-10-17-13-14-6-5-9-16(12-14)19-2/h5-6,9,12,15,17H,3-4,7-8,10-11,13H2,1-2H3. The zero-order chi connectivity index (χ0) is 13.5. The van der Waals surface area contributed by atoms with Crippen molar-refractivity contribution in [3.8, 4) is 5.75 Å². The van der Waals surface area contributed by atoms with Gasteiger partial charge in [0.05, 0.1) is 7.11 Å². The summed E-state index contributed by atoms with van der Waals surface area (Å²) < 4.78 is 5.23. The first kappa shape index (κ1) is 14.4. The van der Waals surface area contributed by atoms with E-state index in [1.165, 1.54) is 31.2 Å². The average molecular weight is 262 g/mol. The molecule has 0 aliphatic heterocycles. The van der Waals surface area contributed by atoms with E-state index in [1.807, 2.05) is 12.1 Å². The first-order valence-corrected chi connectivity index (χ1v) is 7.33. The van der Waals surface area contributed by atoms with E-state index in [4.69, 9.17) is 4.74 Å². The summed E-state index contributed by atoms with van der Waals surface area (Å²) in [4.78, 5) is 2.51. The van der Waals surface area contributed by atoms with Crippen LogP contribution in [0.4, 0.5) is 0 Å². The van der Waals surface area contributed by atoms with Crippen LogP contribution < -0.4 is 10.1 Å². The Hall–Kier alpha value is -1.06. The van der Waals surface area contributed by atoms with Crippen LogP contribution in [0.3, 0.4) is 0 Å². The molecule has 19 heavy (non-hydrogen) atoms. The summed E-state index contributed by atoms with van der Waals surface area (Å²) in [6, 6.07) is 9.07. The number of hydrogen-bond acceptors (Lipinski definition) is 3. The highest BCUT2D eigenvalue weighted by molar-refractivity contribution is 5.28. The Kier molecular flexibility index (Phi) is 5.67. The van der Waals surface area contributed by atoms with Crippen molar-refractivity contribution in [1.82, 2.24) is 10.2 Å². The molecule has 3 heteroatoms. The van der Waals surface area contributed by atoms with Gasteiger partial charge < -0.3 is 15.0 Å². The second-order valence-electron chi connectivity index (χ2n) is 5.45. The average Bonchev–Trinajstić information content (AvgIpc) is 2.98. The summed E-state index contributed by atoms with van der Waals surface area (Å²) in [7, 11) is 3.96. The van der Waals surface area contributed by atoms with Crippen molar-refractivity contribution in [1.29, 1.82) is 0 Å². The van der Waals surface area contributed by atoms with Crippen molar-refractivity contribution in [2.24, 2.45) is 0 Å². The Labute approximate surface area is 116 Å². The van der Waals surface area contributed by atoms with Crippen LogP contribution in [0.15, 0.2) is 24.3 Å². The third-order valence-corrected chi connectivity index (χ3v) is 4.05. The van der Waals surface area contributed by atoms with Crippen LogP contribution in [0.25, 0.3) is 0 Å². The molecule has 3 nitrogen and oxygen atoms in total. The molecule has 0 spiro atoms. The molecule has 0 aromatic heterocycles. The van der Waals surface area contributed by atoms with Crippen LogP contribution >= 0.6 is 0 Å². The lowest BCUT2D eigenvalue weighted by atomic mass is 10.2. The lowest BCUT2D eigenvalue weighted by Crippen LogP contribution is -2.35. The quantitative estimate of drug-likeness (QED) is 0.765. The molecule has 106 valence electrons. The second kappa shape index (κ2) is 7.51. The van der Waals surface area contributed by atoms with Gasteiger partial charge in [0.25, 0.3) is 0 Å². The van der Waals surface area contributed by atoms with Gasteiger partial charge in [-0.15, -0.1) is 0 Å². The van der Waals surface area contributed by atoms with Gasteiger partial charge in [-0.3, -0.25) is 0 Å². The molecule has 0 atom stereocenters. The number of likely N-dealkylation sites (N-methyl/N-ethyl adjacent to an activating group) is 1. The van der Waals surface area contributed by atoms with E-state index in [0.717, 1.165) is 31.4 Å². The van der Waals surface area contributed by atoms with E-state index in [1.54, 1.807) is 7.11 Å². The molecule has 0 heterocycles. The molecule has 0 bridgehead atoms. The van der Waals surface area contributed by atoms with Gasteiger partial charge in [0.15, 0.2) is 0 Å². The van der Waals surface area contributed by atoms with Crippen LogP contribution in [0.1, 0.15) is 31.2 Å². The normalized spacial score (nSPS) is 16.2. The van der Waals surface area contributed by atoms with Gasteiger partial charge in [-0.2, -0.15) is 0 Å². The van der Waals surface area contributed by atoms with Crippen LogP contribution in [0, 0.1) is 0 Å². The van der Waals surface area contributed by atoms with Gasteiger partial charge in [0.1, 0.15) is 5.75 Å². The number of ether oxygens (including phenoxy) is 1. The van der Waals surface area contributed by atoms with Crippen molar-refractivity contribution in [3.63, 3.8) is 0 Å². The molecule has 2 rings (SSSR count). The Morgan fingerprint density at radius 1 is 1.32 bits per heavy atom. The highest BCUT2D eigenvalue weighted by Gasteiger charge is 2.18. The summed E-state index contributed by atoms with van der Waals surface area (Å²) >= 11 is 0.